The molecule has 2 N–H and O–H groups in total. The molecule has 0 spiro atoms. The Labute approximate surface area is 139 Å². The molecule has 0 radical (unpaired) electrons. The van der Waals surface area contributed by atoms with Crippen molar-refractivity contribution >= 4 is 23.4 Å². The van der Waals surface area contributed by atoms with Gasteiger partial charge < -0.3 is 10.6 Å². The molecule has 0 atom stereocenters. The second-order valence-electron chi connectivity index (χ2n) is 4.94. The number of aromatic nitrogens is 3. The van der Waals surface area contributed by atoms with Crippen LogP contribution in [0.1, 0.15) is 29.5 Å². The van der Waals surface area contributed by atoms with E-state index in [1.165, 1.54) is 4.80 Å². The molecule has 2 rings (SSSR count). The fraction of sp³-hybridized carbons (Fsp3) is 0.333. The van der Waals surface area contributed by atoms with Gasteiger partial charge in [-0.25, -0.2) is 0 Å². The van der Waals surface area contributed by atoms with Gasteiger partial charge >= 0.3 is 0 Å². The summed E-state index contributed by atoms with van der Waals surface area (Å²) in [4.78, 5) is 25.0. The summed E-state index contributed by atoms with van der Waals surface area (Å²) in [6.45, 7) is 4.12. The zero-order chi connectivity index (χ0) is 16.8. The molecule has 1 aromatic heterocycles. The summed E-state index contributed by atoms with van der Waals surface area (Å²) >= 11 is 5.94. The minimum atomic E-state index is -0.442. The zero-order valence-electron chi connectivity index (χ0n) is 13.0. The Morgan fingerprint density at radius 2 is 2.04 bits per heavy atom. The van der Waals surface area contributed by atoms with Crippen LogP contribution in [0.25, 0.3) is 5.69 Å². The molecule has 0 fully saturated rings. The van der Waals surface area contributed by atoms with E-state index in [1.807, 2.05) is 6.92 Å². The average Bonchev–Trinajstić information content (AvgIpc) is 2.92. The van der Waals surface area contributed by atoms with Gasteiger partial charge in [-0.1, -0.05) is 24.6 Å². The molecule has 0 saturated carbocycles. The maximum atomic E-state index is 12.1. The molecule has 0 saturated heterocycles. The van der Waals surface area contributed by atoms with Crippen molar-refractivity contribution in [2.24, 2.45) is 0 Å². The predicted octanol–water partition coefficient (Wildman–Crippen LogP) is 1.49. The van der Waals surface area contributed by atoms with Crippen LogP contribution in [0, 0.1) is 6.92 Å². The van der Waals surface area contributed by atoms with Crippen molar-refractivity contribution in [1.29, 1.82) is 0 Å². The lowest BCUT2D eigenvalue weighted by Crippen LogP contribution is -2.37. The van der Waals surface area contributed by atoms with E-state index in [0.717, 1.165) is 6.42 Å². The lowest BCUT2D eigenvalue weighted by molar-refractivity contribution is -0.120. The molecule has 2 amide bonds. The van der Waals surface area contributed by atoms with E-state index in [-0.39, 0.29) is 18.1 Å². The summed E-state index contributed by atoms with van der Waals surface area (Å²) in [6, 6.07) is 6.99. The number of carbonyl (C=O) groups is 2. The number of nitrogens with zero attached hydrogens (tertiary/aromatic N) is 3. The zero-order valence-corrected chi connectivity index (χ0v) is 13.7. The average molecular weight is 336 g/mol. The van der Waals surface area contributed by atoms with Crippen LogP contribution in [0.4, 0.5) is 0 Å². The summed E-state index contributed by atoms with van der Waals surface area (Å²) in [5.74, 6) is -0.678. The van der Waals surface area contributed by atoms with E-state index in [1.54, 1.807) is 31.2 Å². The van der Waals surface area contributed by atoms with E-state index in [4.69, 9.17) is 11.6 Å². The van der Waals surface area contributed by atoms with Crippen molar-refractivity contribution in [2.45, 2.75) is 20.3 Å². The molecule has 0 bridgehead atoms. The minimum absolute atomic E-state index is 0.0949. The van der Waals surface area contributed by atoms with Crippen molar-refractivity contribution in [3.63, 3.8) is 0 Å². The van der Waals surface area contributed by atoms with Gasteiger partial charge in [0, 0.05) is 11.6 Å². The Hall–Kier alpha value is -2.41. The normalized spacial score (nSPS) is 10.4. The van der Waals surface area contributed by atoms with Crippen molar-refractivity contribution in [2.75, 3.05) is 13.1 Å². The highest BCUT2D eigenvalue weighted by Gasteiger charge is 2.17. The van der Waals surface area contributed by atoms with Crippen molar-refractivity contribution in [1.82, 2.24) is 25.6 Å². The van der Waals surface area contributed by atoms with Crippen LogP contribution < -0.4 is 10.6 Å². The van der Waals surface area contributed by atoms with E-state index in [9.17, 15) is 9.59 Å². The fourth-order valence-electron chi connectivity index (χ4n) is 1.88. The van der Waals surface area contributed by atoms with Crippen LogP contribution in [0.5, 0.6) is 0 Å². The number of rotatable bonds is 6. The number of halogens is 1. The highest BCUT2D eigenvalue weighted by atomic mass is 35.5. The van der Waals surface area contributed by atoms with Gasteiger partial charge in [0.05, 0.1) is 17.9 Å². The second kappa shape index (κ2) is 7.73. The molecule has 1 aromatic carbocycles. The summed E-state index contributed by atoms with van der Waals surface area (Å²) < 4.78 is 0. The van der Waals surface area contributed by atoms with Gasteiger partial charge in [0.25, 0.3) is 5.91 Å². The molecule has 0 unspecified atom stereocenters. The van der Waals surface area contributed by atoms with E-state index in [0.29, 0.717) is 22.9 Å². The lowest BCUT2D eigenvalue weighted by Gasteiger charge is -2.04. The summed E-state index contributed by atoms with van der Waals surface area (Å²) in [6.07, 6.45) is 0.840. The second-order valence-corrected chi connectivity index (χ2v) is 5.37. The highest BCUT2D eigenvalue weighted by molar-refractivity contribution is 6.30. The topological polar surface area (TPSA) is 88.9 Å². The van der Waals surface area contributed by atoms with Gasteiger partial charge in [-0.3, -0.25) is 9.59 Å². The third-order valence-corrected chi connectivity index (χ3v) is 3.25. The monoisotopic (exact) mass is 335 g/mol. The predicted molar refractivity (Wildman–Crippen MR) is 86.7 cm³/mol. The Bertz CT molecular complexity index is 714. The first-order chi connectivity index (χ1) is 11.0. The maximum Gasteiger partial charge on any atom is 0.274 e. The van der Waals surface area contributed by atoms with Gasteiger partial charge in [-0.2, -0.15) is 9.90 Å². The highest BCUT2D eigenvalue weighted by Crippen LogP contribution is 2.14. The van der Waals surface area contributed by atoms with Gasteiger partial charge in [0.2, 0.25) is 5.91 Å². The van der Waals surface area contributed by atoms with Crippen molar-refractivity contribution in [3.8, 4) is 5.69 Å². The molecule has 2 aromatic rings. The summed E-state index contributed by atoms with van der Waals surface area (Å²) in [7, 11) is 0. The maximum absolute atomic E-state index is 12.1. The molecule has 1 heterocycles. The standard InChI is InChI=1S/C15H18ClN5O2/c1-3-7-17-13(22)9-18-15(23)14-10(2)19-21(20-14)12-6-4-5-11(16)8-12/h4-6,8H,3,7,9H2,1-2H3,(H,17,22)(H,18,23). The summed E-state index contributed by atoms with van der Waals surface area (Å²) in [5, 5.41) is 14.1. The van der Waals surface area contributed by atoms with Gasteiger partial charge in [-0.05, 0) is 31.5 Å². The Morgan fingerprint density at radius 1 is 1.26 bits per heavy atom. The quantitative estimate of drug-likeness (QED) is 0.837. The third kappa shape index (κ3) is 4.53. The van der Waals surface area contributed by atoms with Crippen LogP contribution in [-0.4, -0.2) is 39.9 Å². The number of hydrogen-bond acceptors (Lipinski definition) is 4. The van der Waals surface area contributed by atoms with E-state index in [2.05, 4.69) is 20.8 Å². The first kappa shape index (κ1) is 17.0. The molecular formula is C15H18ClN5O2. The molecule has 8 heteroatoms. The van der Waals surface area contributed by atoms with Gasteiger partial charge in [0.1, 0.15) is 0 Å². The Balaban J connectivity index is 2.06. The van der Waals surface area contributed by atoms with Crippen LogP contribution in [0.2, 0.25) is 5.02 Å². The molecule has 0 aliphatic carbocycles. The number of benzene rings is 1. The Kier molecular flexibility index (Phi) is 5.70. The van der Waals surface area contributed by atoms with Crippen molar-refractivity contribution in [3.05, 3.63) is 40.7 Å². The van der Waals surface area contributed by atoms with Crippen LogP contribution >= 0.6 is 11.6 Å². The molecule has 0 aliphatic rings. The molecule has 7 nitrogen and oxygen atoms in total. The Morgan fingerprint density at radius 3 is 2.74 bits per heavy atom. The number of aryl methyl sites for hydroxylation is 1. The van der Waals surface area contributed by atoms with E-state index < -0.39 is 5.91 Å². The van der Waals surface area contributed by atoms with Crippen LogP contribution in [-0.2, 0) is 4.79 Å². The summed E-state index contributed by atoms with van der Waals surface area (Å²) in [5.41, 5.74) is 1.30. The SMILES string of the molecule is CCCNC(=O)CNC(=O)c1nn(-c2cccc(Cl)c2)nc1C. The van der Waals surface area contributed by atoms with Crippen LogP contribution in [0.3, 0.4) is 0 Å². The first-order valence-corrected chi connectivity index (χ1v) is 7.64. The van der Waals surface area contributed by atoms with Gasteiger partial charge in [0.15, 0.2) is 5.69 Å². The molecule has 0 aliphatic heterocycles. The lowest BCUT2D eigenvalue weighted by atomic mass is 10.3. The van der Waals surface area contributed by atoms with E-state index >= 15 is 0 Å². The third-order valence-electron chi connectivity index (χ3n) is 3.02. The molecular weight excluding hydrogens is 318 g/mol. The number of amides is 2. The molecule has 23 heavy (non-hydrogen) atoms. The molecule has 122 valence electrons. The smallest absolute Gasteiger partial charge is 0.274 e. The minimum Gasteiger partial charge on any atom is -0.355 e. The fourth-order valence-corrected chi connectivity index (χ4v) is 2.06. The van der Waals surface area contributed by atoms with Gasteiger partial charge in [-0.15, -0.1) is 5.10 Å². The van der Waals surface area contributed by atoms with Crippen molar-refractivity contribution < 1.29 is 9.59 Å². The number of carbonyl (C=O) groups excluding carboxylic acids is 2. The first-order valence-electron chi connectivity index (χ1n) is 7.26. The number of hydrogen-bond donors (Lipinski definition) is 2. The van der Waals surface area contributed by atoms with Crippen LogP contribution in [0.15, 0.2) is 24.3 Å². The number of nitrogens with one attached hydrogen (secondary N) is 2. The largest absolute Gasteiger partial charge is 0.355 e.